The lowest BCUT2D eigenvalue weighted by molar-refractivity contribution is -0.264. The highest BCUT2D eigenvalue weighted by molar-refractivity contribution is 5.86. The van der Waals surface area contributed by atoms with E-state index in [0.29, 0.717) is 5.56 Å². The van der Waals surface area contributed by atoms with Gasteiger partial charge in [-0.1, -0.05) is 42.5 Å². The molecule has 1 heterocycles. The maximum atomic E-state index is 14.3. The molecular formula is C28H19F7N2O. The van der Waals surface area contributed by atoms with Gasteiger partial charge in [-0.05, 0) is 47.5 Å². The largest absolute Gasteiger partial charge is 0.421 e. The molecule has 0 aliphatic rings. The monoisotopic (exact) mass is 532 g/mol. The van der Waals surface area contributed by atoms with Gasteiger partial charge in [0.05, 0.1) is 22.7 Å². The number of hydrogen-bond acceptors (Lipinski definition) is 2. The number of nitrogens with zero attached hydrogens (tertiary/aromatic N) is 2. The molecule has 0 spiro atoms. The van der Waals surface area contributed by atoms with E-state index in [2.05, 4.69) is 0 Å². The van der Waals surface area contributed by atoms with E-state index in [9.17, 15) is 41.1 Å². The van der Waals surface area contributed by atoms with Crippen LogP contribution in [0.3, 0.4) is 0 Å². The van der Waals surface area contributed by atoms with Crippen LogP contribution >= 0.6 is 0 Å². The zero-order valence-electron chi connectivity index (χ0n) is 19.5. The molecule has 3 nitrogen and oxygen atoms in total. The van der Waals surface area contributed by atoms with Crippen LogP contribution in [0.1, 0.15) is 34.2 Å². The Morgan fingerprint density at radius 1 is 0.921 bits per heavy atom. The van der Waals surface area contributed by atoms with Crippen LogP contribution in [0.25, 0.3) is 17.0 Å². The van der Waals surface area contributed by atoms with Crippen molar-refractivity contribution >= 4 is 17.0 Å². The Morgan fingerprint density at radius 3 is 2.24 bits per heavy atom. The Morgan fingerprint density at radius 2 is 1.63 bits per heavy atom. The summed E-state index contributed by atoms with van der Waals surface area (Å²) in [4.78, 5) is 0. The average Bonchev–Trinajstić information content (AvgIpc) is 3.21. The Kier molecular flexibility index (Phi) is 7.08. The van der Waals surface area contributed by atoms with Crippen LogP contribution in [0, 0.1) is 17.1 Å². The number of halogens is 7. The summed E-state index contributed by atoms with van der Waals surface area (Å²) in [5, 5.41) is 20.4. The molecule has 0 saturated heterocycles. The first-order valence-electron chi connectivity index (χ1n) is 11.2. The van der Waals surface area contributed by atoms with E-state index in [-0.39, 0.29) is 28.6 Å². The fraction of sp³-hybridized carbons (Fsp3) is 0.179. The average molecular weight is 532 g/mol. The van der Waals surface area contributed by atoms with Crippen molar-refractivity contribution in [2.24, 2.45) is 0 Å². The van der Waals surface area contributed by atoms with Crippen LogP contribution in [0.4, 0.5) is 30.7 Å². The molecule has 0 fully saturated rings. The second-order valence-corrected chi connectivity index (χ2v) is 8.73. The molecule has 10 heteroatoms. The van der Waals surface area contributed by atoms with Crippen molar-refractivity contribution in [3.05, 3.63) is 113 Å². The van der Waals surface area contributed by atoms with Crippen molar-refractivity contribution in [2.75, 3.05) is 0 Å². The van der Waals surface area contributed by atoms with Gasteiger partial charge in [-0.3, -0.25) is 0 Å². The van der Waals surface area contributed by atoms with Crippen LogP contribution in [-0.2, 0) is 18.3 Å². The van der Waals surface area contributed by atoms with Gasteiger partial charge in [0, 0.05) is 30.1 Å². The van der Waals surface area contributed by atoms with E-state index in [1.54, 1.807) is 6.07 Å². The van der Waals surface area contributed by atoms with Gasteiger partial charge in [0.15, 0.2) is 5.60 Å². The van der Waals surface area contributed by atoms with Crippen LogP contribution in [-0.4, -0.2) is 15.8 Å². The second-order valence-electron chi connectivity index (χ2n) is 8.73. The van der Waals surface area contributed by atoms with Gasteiger partial charge >= 0.3 is 12.4 Å². The molecule has 1 N–H and O–H groups in total. The Balaban J connectivity index is 1.75. The van der Waals surface area contributed by atoms with Crippen LogP contribution in [0.2, 0.25) is 0 Å². The fourth-order valence-corrected chi connectivity index (χ4v) is 4.18. The smallest absolute Gasteiger partial charge is 0.376 e. The van der Waals surface area contributed by atoms with Crippen molar-refractivity contribution < 1.29 is 35.8 Å². The zero-order chi connectivity index (χ0) is 27.7. The van der Waals surface area contributed by atoms with Crippen molar-refractivity contribution in [2.45, 2.75) is 30.9 Å². The number of nitriles is 1. The van der Waals surface area contributed by atoms with E-state index >= 15 is 0 Å². The molecule has 0 saturated carbocycles. The van der Waals surface area contributed by atoms with Gasteiger partial charge in [-0.2, -0.15) is 31.6 Å². The molecule has 4 rings (SSSR count). The molecule has 3 aromatic carbocycles. The number of benzene rings is 3. The number of aliphatic hydroxyl groups is 1. The summed E-state index contributed by atoms with van der Waals surface area (Å²) >= 11 is 0. The Bertz CT molecular complexity index is 1530. The first kappa shape index (κ1) is 26.9. The molecule has 0 bridgehead atoms. The van der Waals surface area contributed by atoms with Gasteiger partial charge in [-0.15, -0.1) is 0 Å². The molecule has 4 aromatic rings. The third-order valence-corrected chi connectivity index (χ3v) is 6.13. The highest BCUT2D eigenvalue weighted by Gasteiger charge is 2.55. The van der Waals surface area contributed by atoms with Gasteiger partial charge < -0.3 is 9.67 Å². The number of alkyl halides is 6. The minimum Gasteiger partial charge on any atom is -0.376 e. The number of aromatic nitrogens is 1. The SMILES string of the molecule is N#Cc1ccc2c(C(O)(CC=Cc3ccc(C(F)(F)F)cc3)C(F)(F)F)cn(Cc3cccc(F)c3)c2c1. The molecule has 196 valence electrons. The molecule has 0 aliphatic heterocycles. The number of rotatable bonds is 6. The standard InChI is InChI=1S/C28H19F7N2O/c29-22-5-1-3-20(13-22)16-37-17-24(23-11-8-19(15-36)14-25(23)37)26(38,28(33,34)35)12-2-4-18-6-9-21(10-7-18)27(30,31)32/h1-11,13-14,17,38H,12,16H2. The maximum absolute atomic E-state index is 14.3. The van der Waals surface area contributed by atoms with Gasteiger partial charge in [-0.25, -0.2) is 4.39 Å². The van der Waals surface area contributed by atoms with Gasteiger partial charge in [0.2, 0.25) is 0 Å². The Hall–Kier alpha value is -4.10. The lowest BCUT2D eigenvalue weighted by atomic mass is 9.88. The van der Waals surface area contributed by atoms with Crippen LogP contribution < -0.4 is 0 Å². The van der Waals surface area contributed by atoms with Gasteiger partial charge in [0.25, 0.3) is 0 Å². The van der Waals surface area contributed by atoms with Crippen molar-refractivity contribution in [3.63, 3.8) is 0 Å². The lowest BCUT2D eigenvalue weighted by Crippen LogP contribution is -2.41. The second kappa shape index (κ2) is 9.99. The molecule has 38 heavy (non-hydrogen) atoms. The third-order valence-electron chi connectivity index (χ3n) is 6.13. The Labute approximate surface area is 212 Å². The molecule has 1 atom stereocenters. The van der Waals surface area contributed by atoms with E-state index in [1.165, 1.54) is 47.0 Å². The van der Waals surface area contributed by atoms with Gasteiger partial charge in [0.1, 0.15) is 5.82 Å². The van der Waals surface area contributed by atoms with Crippen molar-refractivity contribution in [1.82, 2.24) is 4.57 Å². The summed E-state index contributed by atoms with van der Waals surface area (Å²) in [6.07, 6.45) is -7.27. The first-order chi connectivity index (χ1) is 17.8. The summed E-state index contributed by atoms with van der Waals surface area (Å²) in [6.45, 7) is -0.0293. The predicted octanol–water partition coefficient (Wildman–Crippen LogP) is 7.57. The highest BCUT2D eigenvalue weighted by Crippen LogP contribution is 2.45. The third kappa shape index (κ3) is 5.43. The maximum Gasteiger partial charge on any atom is 0.421 e. The molecule has 1 aromatic heterocycles. The summed E-state index contributed by atoms with van der Waals surface area (Å²) in [7, 11) is 0. The summed E-state index contributed by atoms with van der Waals surface area (Å²) in [5.41, 5.74) is -3.65. The van der Waals surface area contributed by atoms with E-state index in [4.69, 9.17) is 0 Å². The van der Waals surface area contributed by atoms with E-state index < -0.39 is 41.3 Å². The molecule has 1 unspecified atom stereocenters. The zero-order valence-corrected chi connectivity index (χ0v) is 19.5. The molecular weight excluding hydrogens is 513 g/mol. The van der Waals surface area contributed by atoms with Crippen molar-refractivity contribution in [1.29, 1.82) is 5.26 Å². The predicted molar refractivity (Wildman–Crippen MR) is 127 cm³/mol. The van der Waals surface area contributed by atoms with Crippen LogP contribution in [0.15, 0.2) is 79.0 Å². The van der Waals surface area contributed by atoms with Crippen LogP contribution in [0.5, 0.6) is 0 Å². The van der Waals surface area contributed by atoms with E-state index in [1.807, 2.05) is 6.07 Å². The quantitative estimate of drug-likeness (QED) is 0.261. The fourth-order valence-electron chi connectivity index (χ4n) is 4.18. The summed E-state index contributed by atoms with van der Waals surface area (Å²) in [5.74, 6) is -0.530. The summed E-state index contributed by atoms with van der Waals surface area (Å²) < 4.78 is 96.4. The van der Waals surface area contributed by atoms with E-state index in [0.717, 1.165) is 36.5 Å². The highest BCUT2D eigenvalue weighted by atomic mass is 19.4. The first-order valence-corrected chi connectivity index (χ1v) is 11.2. The normalized spacial score (nSPS) is 14.1. The molecule has 0 radical (unpaired) electrons. The topological polar surface area (TPSA) is 48.9 Å². The number of hydrogen-bond donors (Lipinski definition) is 1. The summed E-state index contributed by atoms with van der Waals surface area (Å²) in [6, 6.07) is 15.3. The van der Waals surface area contributed by atoms with Crippen molar-refractivity contribution in [3.8, 4) is 6.07 Å². The minimum absolute atomic E-state index is 0.0293. The minimum atomic E-state index is -5.14. The molecule has 0 amide bonds. The molecule has 0 aliphatic carbocycles. The lowest BCUT2D eigenvalue weighted by Gasteiger charge is -2.29. The number of fused-ring (bicyclic) bond motifs is 1.